The van der Waals surface area contributed by atoms with E-state index in [-0.39, 0.29) is 0 Å². The van der Waals surface area contributed by atoms with Crippen LogP contribution in [0.5, 0.6) is 0 Å². The zero-order chi connectivity index (χ0) is 13.1. The second-order valence-electron chi connectivity index (χ2n) is 5.30. The molecule has 19 heavy (non-hydrogen) atoms. The number of benzene rings is 1. The molecule has 4 nitrogen and oxygen atoms in total. The Bertz CT molecular complexity index is 543. The van der Waals surface area contributed by atoms with E-state index in [1.165, 1.54) is 23.7 Å². The van der Waals surface area contributed by atoms with Crippen molar-refractivity contribution in [2.75, 3.05) is 19.7 Å². The minimum absolute atomic E-state index is 0.616. The third-order valence-corrected chi connectivity index (χ3v) is 3.89. The van der Waals surface area contributed by atoms with Gasteiger partial charge in [-0.15, -0.1) is 0 Å². The van der Waals surface area contributed by atoms with Crippen LogP contribution in [0.25, 0.3) is 10.9 Å². The van der Waals surface area contributed by atoms with E-state index in [0.717, 1.165) is 25.4 Å². The number of hydrogen-bond donors (Lipinski definition) is 1. The van der Waals surface area contributed by atoms with Gasteiger partial charge >= 0.3 is 0 Å². The first-order valence-corrected chi connectivity index (χ1v) is 7.03. The number of rotatable bonds is 4. The van der Waals surface area contributed by atoms with Gasteiger partial charge < -0.3 is 10.1 Å². The highest BCUT2D eigenvalue weighted by Gasteiger charge is 2.14. The van der Waals surface area contributed by atoms with E-state index in [9.17, 15) is 0 Å². The van der Waals surface area contributed by atoms with Crippen LogP contribution >= 0.6 is 0 Å². The summed E-state index contributed by atoms with van der Waals surface area (Å²) < 4.78 is 7.81. The number of nitrogens with one attached hydrogen (secondary N) is 1. The van der Waals surface area contributed by atoms with Crippen molar-refractivity contribution < 1.29 is 4.74 Å². The number of para-hydroxylation sites is 1. The van der Waals surface area contributed by atoms with Gasteiger partial charge in [0.25, 0.3) is 0 Å². The number of nitrogens with zero attached hydrogens (tertiary/aromatic N) is 2. The minimum atomic E-state index is 0.616. The van der Waals surface area contributed by atoms with E-state index in [4.69, 9.17) is 4.74 Å². The number of ether oxygens (including phenoxy) is 1. The Balaban J connectivity index is 1.62. The van der Waals surface area contributed by atoms with Crippen LogP contribution in [-0.4, -0.2) is 29.5 Å². The predicted octanol–water partition coefficient (Wildman–Crippen LogP) is 2.09. The maximum Gasteiger partial charge on any atom is 0.0960 e. The Morgan fingerprint density at radius 1 is 1.32 bits per heavy atom. The van der Waals surface area contributed by atoms with Crippen molar-refractivity contribution in [2.45, 2.75) is 19.4 Å². The highest BCUT2D eigenvalue weighted by molar-refractivity contribution is 5.81. The topological polar surface area (TPSA) is 39.1 Å². The molecule has 0 aliphatic carbocycles. The molecule has 0 bridgehead atoms. The van der Waals surface area contributed by atoms with Crippen molar-refractivity contribution in [1.82, 2.24) is 15.1 Å². The summed E-state index contributed by atoms with van der Waals surface area (Å²) in [5.74, 6) is 0.705. The maximum absolute atomic E-state index is 5.88. The molecule has 0 saturated carbocycles. The van der Waals surface area contributed by atoms with Crippen LogP contribution in [0.2, 0.25) is 0 Å². The van der Waals surface area contributed by atoms with E-state index in [2.05, 4.69) is 28.6 Å². The molecule has 0 amide bonds. The van der Waals surface area contributed by atoms with E-state index >= 15 is 0 Å². The third-order valence-electron chi connectivity index (χ3n) is 3.89. The fraction of sp³-hybridized carbons (Fsp3) is 0.533. The fourth-order valence-electron chi connectivity index (χ4n) is 2.77. The number of fused-ring (bicyclic) bond motifs is 1. The first-order valence-electron chi connectivity index (χ1n) is 7.03. The second-order valence-corrected chi connectivity index (χ2v) is 5.30. The van der Waals surface area contributed by atoms with Gasteiger partial charge in [-0.25, -0.2) is 0 Å². The van der Waals surface area contributed by atoms with Gasteiger partial charge in [0.05, 0.1) is 24.4 Å². The van der Waals surface area contributed by atoms with Gasteiger partial charge in [-0.1, -0.05) is 18.2 Å². The van der Waals surface area contributed by atoms with Crippen LogP contribution in [0.4, 0.5) is 0 Å². The van der Waals surface area contributed by atoms with Crippen molar-refractivity contribution >= 4 is 10.9 Å². The first kappa shape index (κ1) is 12.6. The molecule has 1 aliphatic rings. The fourth-order valence-corrected chi connectivity index (χ4v) is 2.77. The molecule has 2 aromatic rings. The van der Waals surface area contributed by atoms with E-state index in [0.29, 0.717) is 12.5 Å². The molecule has 1 saturated heterocycles. The SMILES string of the molecule is Cn1nc(COCC2CCNCC2)c2ccccc21. The Hall–Kier alpha value is -1.39. The van der Waals surface area contributed by atoms with Crippen LogP contribution in [0.1, 0.15) is 18.5 Å². The monoisotopic (exact) mass is 259 g/mol. The maximum atomic E-state index is 5.88. The summed E-state index contributed by atoms with van der Waals surface area (Å²) in [6.45, 7) is 3.72. The molecular weight excluding hydrogens is 238 g/mol. The van der Waals surface area contributed by atoms with Gasteiger partial charge in [-0.2, -0.15) is 5.10 Å². The second kappa shape index (κ2) is 5.72. The molecule has 1 aromatic carbocycles. The molecule has 1 N–H and O–H groups in total. The largest absolute Gasteiger partial charge is 0.375 e. The van der Waals surface area contributed by atoms with Gasteiger partial charge in [0.2, 0.25) is 0 Å². The van der Waals surface area contributed by atoms with Crippen LogP contribution in [0, 0.1) is 5.92 Å². The van der Waals surface area contributed by atoms with Crippen molar-refractivity contribution in [3.05, 3.63) is 30.0 Å². The summed E-state index contributed by atoms with van der Waals surface area (Å²) in [6, 6.07) is 8.31. The van der Waals surface area contributed by atoms with Crippen LogP contribution in [0.15, 0.2) is 24.3 Å². The molecule has 0 unspecified atom stereocenters. The molecule has 4 heteroatoms. The van der Waals surface area contributed by atoms with E-state index < -0.39 is 0 Å². The summed E-state index contributed by atoms with van der Waals surface area (Å²) in [5, 5.41) is 9.13. The quantitative estimate of drug-likeness (QED) is 0.914. The molecular formula is C15H21N3O. The lowest BCUT2D eigenvalue weighted by Gasteiger charge is -2.22. The number of aromatic nitrogens is 2. The van der Waals surface area contributed by atoms with Gasteiger partial charge in [0, 0.05) is 12.4 Å². The first-order chi connectivity index (χ1) is 9.34. The smallest absolute Gasteiger partial charge is 0.0960 e. The molecule has 0 spiro atoms. The number of hydrogen-bond acceptors (Lipinski definition) is 3. The average Bonchev–Trinajstić information content (AvgIpc) is 2.78. The standard InChI is InChI=1S/C15H21N3O/c1-18-15-5-3-2-4-13(15)14(17-18)11-19-10-12-6-8-16-9-7-12/h2-5,12,16H,6-11H2,1H3. The molecule has 1 aliphatic heterocycles. The highest BCUT2D eigenvalue weighted by Crippen LogP contribution is 2.19. The lowest BCUT2D eigenvalue weighted by molar-refractivity contribution is 0.0747. The van der Waals surface area contributed by atoms with Crippen molar-refractivity contribution in [2.24, 2.45) is 13.0 Å². The summed E-state index contributed by atoms with van der Waals surface area (Å²) in [6.07, 6.45) is 2.45. The van der Waals surface area contributed by atoms with Crippen molar-refractivity contribution in [1.29, 1.82) is 0 Å². The van der Waals surface area contributed by atoms with Crippen LogP contribution < -0.4 is 5.32 Å². The lowest BCUT2D eigenvalue weighted by Crippen LogP contribution is -2.29. The van der Waals surface area contributed by atoms with Gasteiger partial charge in [-0.05, 0) is 37.9 Å². The summed E-state index contributed by atoms with van der Waals surface area (Å²) in [7, 11) is 1.98. The number of aryl methyl sites for hydroxylation is 1. The normalized spacial score (nSPS) is 17.1. The molecule has 102 valence electrons. The third kappa shape index (κ3) is 2.80. The molecule has 1 fully saturated rings. The predicted molar refractivity (Wildman–Crippen MR) is 76.0 cm³/mol. The Morgan fingerprint density at radius 3 is 2.95 bits per heavy atom. The Labute approximate surface area is 113 Å². The minimum Gasteiger partial charge on any atom is -0.375 e. The summed E-state index contributed by atoms with van der Waals surface area (Å²) in [5.41, 5.74) is 2.22. The van der Waals surface area contributed by atoms with Gasteiger partial charge in [0.15, 0.2) is 0 Å². The van der Waals surface area contributed by atoms with Crippen LogP contribution in [0.3, 0.4) is 0 Å². The molecule has 3 rings (SSSR count). The molecule has 2 heterocycles. The molecule has 0 radical (unpaired) electrons. The highest BCUT2D eigenvalue weighted by atomic mass is 16.5. The molecule has 0 atom stereocenters. The van der Waals surface area contributed by atoms with Crippen molar-refractivity contribution in [3.8, 4) is 0 Å². The Morgan fingerprint density at radius 2 is 2.11 bits per heavy atom. The zero-order valence-electron chi connectivity index (χ0n) is 11.4. The van der Waals surface area contributed by atoms with Gasteiger partial charge in [-0.3, -0.25) is 4.68 Å². The van der Waals surface area contributed by atoms with E-state index in [1.807, 2.05) is 17.8 Å². The lowest BCUT2D eigenvalue weighted by atomic mass is 9.99. The van der Waals surface area contributed by atoms with Crippen LogP contribution in [-0.2, 0) is 18.4 Å². The average molecular weight is 259 g/mol. The Kier molecular flexibility index (Phi) is 3.80. The number of piperidine rings is 1. The van der Waals surface area contributed by atoms with Gasteiger partial charge in [0.1, 0.15) is 0 Å². The summed E-state index contributed by atoms with van der Waals surface area (Å²) >= 11 is 0. The molecule has 1 aromatic heterocycles. The summed E-state index contributed by atoms with van der Waals surface area (Å²) in [4.78, 5) is 0. The van der Waals surface area contributed by atoms with E-state index in [1.54, 1.807) is 0 Å². The zero-order valence-corrected chi connectivity index (χ0v) is 11.4. The van der Waals surface area contributed by atoms with Crippen molar-refractivity contribution in [3.63, 3.8) is 0 Å².